The highest BCUT2D eigenvalue weighted by Gasteiger charge is 2.37. The minimum atomic E-state index is -1.21. The molecule has 0 atom stereocenters. The lowest BCUT2D eigenvalue weighted by atomic mass is 10.1. The fourth-order valence-corrected chi connectivity index (χ4v) is 3.16. The van der Waals surface area contributed by atoms with E-state index >= 15 is 0 Å². The van der Waals surface area contributed by atoms with Crippen molar-refractivity contribution in [1.29, 1.82) is 0 Å². The summed E-state index contributed by atoms with van der Waals surface area (Å²) in [5, 5.41) is 11.6. The van der Waals surface area contributed by atoms with E-state index in [1.807, 2.05) is 0 Å². The number of carboxylic acid groups (broad SMARTS) is 1. The number of anilines is 2. The number of benzene rings is 2. The van der Waals surface area contributed by atoms with Crippen LogP contribution in [-0.2, 0) is 4.79 Å². The van der Waals surface area contributed by atoms with Gasteiger partial charge < -0.3 is 10.4 Å². The number of carbonyl (C=O) groups excluding carboxylic acids is 3. The van der Waals surface area contributed by atoms with Crippen LogP contribution in [0.4, 0.5) is 11.4 Å². The zero-order valence-corrected chi connectivity index (χ0v) is 14.7. The highest BCUT2D eigenvalue weighted by atomic mass is 35.5. The first-order valence-electron chi connectivity index (χ1n) is 7.23. The van der Waals surface area contributed by atoms with Crippen molar-refractivity contribution in [2.45, 2.75) is 6.92 Å². The summed E-state index contributed by atoms with van der Waals surface area (Å²) in [4.78, 5) is 48.3. The van der Waals surface area contributed by atoms with Crippen LogP contribution in [-0.4, -0.2) is 28.8 Å². The van der Waals surface area contributed by atoms with Gasteiger partial charge in [-0.1, -0.05) is 23.2 Å². The molecule has 2 N–H and O–H groups in total. The molecule has 1 aliphatic rings. The van der Waals surface area contributed by atoms with Crippen LogP contribution in [0.15, 0.2) is 30.3 Å². The molecule has 0 bridgehead atoms. The number of fused-ring (bicyclic) bond motifs is 1. The van der Waals surface area contributed by atoms with Gasteiger partial charge in [-0.15, -0.1) is 0 Å². The molecule has 2 aromatic rings. The van der Waals surface area contributed by atoms with E-state index in [9.17, 15) is 19.2 Å². The minimum absolute atomic E-state index is 0.0203. The molecule has 2 aromatic carbocycles. The van der Waals surface area contributed by atoms with Crippen LogP contribution >= 0.6 is 23.2 Å². The summed E-state index contributed by atoms with van der Waals surface area (Å²) in [5.74, 6) is -2.91. The second kappa shape index (κ2) is 6.44. The molecule has 9 heteroatoms. The van der Waals surface area contributed by atoms with Crippen molar-refractivity contribution in [3.8, 4) is 0 Å². The Morgan fingerprint density at radius 3 is 2.12 bits per heavy atom. The molecule has 3 amide bonds. The maximum atomic E-state index is 12.6. The molecule has 1 aliphatic heterocycles. The van der Waals surface area contributed by atoms with Gasteiger partial charge in [-0.2, -0.15) is 0 Å². The largest absolute Gasteiger partial charge is 0.478 e. The maximum Gasteiger partial charge on any atom is 0.335 e. The summed E-state index contributed by atoms with van der Waals surface area (Å²) >= 11 is 12.2. The van der Waals surface area contributed by atoms with E-state index in [1.54, 1.807) is 0 Å². The van der Waals surface area contributed by atoms with Crippen molar-refractivity contribution >= 4 is 58.3 Å². The number of aromatic carboxylic acids is 1. The number of nitrogens with zero attached hydrogens (tertiary/aromatic N) is 1. The lowest BCUT2D eigenvalue weighted by Crippen LogP contribution is -2.29. The van der Waals surface area contributed by atoms with Gasteiger partial charge in [-0.05, 0) is 30.3 Å². The van der Waals surface area contributed by atoms with Gasteiger partial charge in [-0.25, -0.2) is 9.69 Å². The Bertz CT molecular complexity index is 980. The number of halogens is 2. The van der Waals surface area contributed by atoms with Crippen molar-refractivity contribution in [3.05, 3.63) is 57.1 Å². The second-order valence-electron chi connectivity index (χ2n) is 5.48. The predicted octanol–water partition coefficient (Wildman–Crippen LogP) is 3.45. The van der Waals surface area contributed by atoms with E-state index in [1.165, 1.54) is 31.2 Å². The molecular formula is C17H10Cl2N2O5. The molecule has 0 radical (unpaired) electrons. The SMILES string of the molecule is CC(=O)Nc1c(Cl)cc(N2C(=O)c3ccc(C(=O)O)cc3C2=O)cc1Cl. The Labute approximate surface area is 157 Å². The molecule has 26 heavy (non-hydrogen) atoms. The lowest BCUT2D eigenvalue weighted by molar-refractivity contribution is -0.114. The Kier molecular flexibility index (Phi) is 4.43. The first kappa shape index (κ1) is 17.9. The average molecular weight is 393 g/mol. The lowest BCUT2D eigenvalue weighted by Gasteiger charge is -2.17. The van der Waals surface area contributed by atoms with Gasteiger partial charge in [0.05, 0.1) is 38.1 Å². The van der Waals surface area contributed by atoms with Crippen molar-refractivity contribution in [2.24, 2.45) is 0 Å². The molecular weight excluding hydrogens is 383 g/mol. The molecule has 0 saturated carbocycles. The number of carboxylic acids is 1. The fraction of sp³-hybridized carbons (Fsp3) is 0.0588. The van der Waals surface area contributed by atoms with E-state index in [0.29, 0.717) is 0 Å². The van der Waals surface area contributed by atoms with Gasteiger partial charge in [0.2, 0.25) is 5.91 Å². The third-order valence-corrected chi connectivity index (χ3v) is 4.32. The number of hydrogen-bond acceptors (Lipinski definition) is 4. The fourth-order valence-electron chi connectivity index (χ4n) is 2.59. The van der Waals surface area contributed by atoms with Crippen molar-refractivity contribution in [3.63, 3.8) is 0 Å². The predicted molar refractivity (Wildman–Crippen MR) is 95.3 cm³/mol. The molecule has 1 heterocycles. The van der Waals surface area contributed by atoms with E-state index in [4.69, 9.17) is 28.3 Å². The zero-order valence-electron chi connectivity index (χ0n) is 13.2. The van der Waals surface area contributed by atoms with Crippen molar-refractivity contribution in [1.82, 2.24) is 0 Å². The number of amides is 3. The van der Waals surface area contributed by atoms with Crippen LogP contribution in [0, 0.1) is 0 Å². The summed E-state index contributed by atoms with van der Waals surface area (Å²) in [6, 6.07) is 6.31. The number of rotatable bonds is 3. The van der Waals surface area contributed by atoms with Gasteiger partial charge in [0.1, 0.15) is 0 Å². The quantitative estimate of drug-likeness (QED) is 0.778. The van der Waals surface area contributed by atoms with E-state index < -0.39 is 17.8 Å². The van der Waals surface area contributed by atoms with Gasteiger partial charge in [0, 0.05) is 6.92 Å². The smallest absolute Gasteiger partial charge is 0.335 e. The van der Waals surface area contributed by atoms with Gasteiger partial charge in [0.25, 0.3) is 11.8 Å². The Hall–Kier alpha value is -2.90. The first-order valence-corrected chi connectivity index (χ1v) is 7.99. The van der Waals surface area contributed by atoms with Crippen molar-refractivity contribution in [2.75, 3.05) is 10.2 Å². The van der Waals surface area contributed by atoms with Gasteiger partial charge >= 0.3 is 5.97 Å². The molecule has 0 unspecified atom stereocenters. The topological polar surface area (TPSA) is 104 Å². The summed E-state index contributed by atoms with van der Waals surface area (Å²) < 4.78 is 0. The monoisotopic (exact) mass is 392 g/mol. The van der Waals surface area contributed by atoms with Crippen LogP contribution in [0.2, 0.25) is 10.0 Å². The Morgan fingerprint density at radius 2 is 1.58 bits per heavy atom. The highest BCUT2D eigenvalue weighted by molar-refractivity contribution is 6.41. The first-order chi connectivity index (χ1) is 12.2. The Balaban J connectivity index is 2.06. The molecule has 0 saturated heterocycles. The molecule has 0 spiro atoms. The summed E-state index contributed by atoms with van der Waals surface area (Å²) in [6.45, 7) is 1.28. The molecule has 3 rings (SSSR count). The standard InChI is InChI=1S/C17H10Cl2N2O5/c1-7(22)20-14-12(18)5-9(6-13(14)19)21-15(23)10-3-2-8(17(25)26)4-11(10)16(21)24/h2-6H,1H3,(H,20,22)(H,25,26). The third-order valence-electron chi connectivity index (χ3n) is 3.72. The van der Waals surface area contributed by atoms with E-state index in [-0.39, 0.29) is 44.0 Å². The number of imide groups is 1. The molecule has 132 valence electrons. The molecule has 0 aliphatic carbocycles. The Morgan fingerprint density at radius 1 is 1.00 bits per heavy atom. The number of nitrogens with one attached hydrogen (secondary N) is 1. The van der Waals surface area contributed by atoms with Gasteiger partial charge in [0.15, 0.2) is 0 Å². The van der Waals surface area contributed by atoms with Crippen LogP contribution in [0.1, 0.15) is 38.0 Å². The second-order valence-corrected chi connectivity index (χ2v) is 6.29. The maximum absolute atomic E-state index is 12.6. The number of carbonyl (C=O) groups is 4. The van der Waals surface area contributed by atoms with E-state index in [0.717, 1.165) is 11.0 Å². The summed E-state index contributed by atoms with van der Waals surface area (Å²) in [6.07, 6.45) is 0. The molecule has 0 aromatic heterocycles. The van der Waals surface area contributed by atoms with Crippen LogP contribution in [0.3, 0.4) is 0 Å². The van der Waals surface area contributed by atoms with Crippen molar-refractivity contribution < 1.29 is 24.3 Å². The normalized spacial score (nSPS) is 13.0. The summed E-state index contributed by atoms with van der Waals surface area (Å²) in [5.41, 5.74) is 0.224. The van der Waals surface area contributed by atoms with Crippen LogP contribution in [0.25, 0.3) is 0 Å². The molecule has 0 fully saturated rings. The average Bonchev–Trinajstić information content (AvgIpc) is 2.81. The zero-order chi connectivity index (χ0) is 19.2. The third kappa shape index (κ3) is 2.91. The van der Waals surface area contributed by atoms with E-state index in [2.05, 4.69) is 5.32 Å². The van der Waals surface area contributed by atoms with Crippen LogP contribution < -0.4 is 10.2 Å². The van der Waals surface area contributed by atoms with Gasteiger partial charge in [-0.3, -0.25) is 14.4 Å². The molecule has 7 nitrogen and oxygen atoms in total. The minimum Gasteiger partial charge on any atom is -0.478 e. The summed E-state index contributed by atoms with van der Waals surface area (Å²) in [7, 11) is 0. The number of hydrogen-bond donors (Lipinski definition) is 2. The highest BCUT2D eigenvalue weighted by Crippen LogP contribution is 2.38. The van der Waals surface area contributed by atoms with Crippen LogP contribution in [0.5, 0.6) is 0 Å².